The van der Waals surface area contributed by atoms with Crippen LogP contribution in [0, 0.1) is 6.92 Å². The summed E-state index contributed by atoms with van der Waals surface area (Å²) in [7, 11) is 0. The van der Waals surface area contributed by atoms with Crippen LogP contribution in [0.4, 0.5) is 23.8 Å². The number of carbonyl (C=O) groups is 2. The first-order valence-corrected chi connectivity index (χ1v) is 11.4. The minimum atomic E-state index is -4.56. The second-order valence-corrected chi connectivity index (χ2v) is 8.85. The number of aromatic nitrogens is 2. The van der Waals surface area contributed by atoms with E-state index in [2.05, 4.69) is 25.5 Å². The average Bonchev–Trinajstić information content (AvgIpc) is 3.45. The fraction of sp³-hybridized carbons (Fsp3) is 0.391. The van der Waals surface area contributed by atoms with Crippen molar-refractivity contribution in [1.82, 2.24) is 30.4 Å². The summed E-state index contributed by atoms with van der Waals surface area (Å²) >= 11 is 0. The van der Waals surface area contributed by atoms with E-state index in [1.165, 1.54) is 17.2 Å². The first kappa shape index (κ1) is 23.7. The smallest absolute Gasteiger partial charge is 0.408 e. The third kappa shape index (κ3) is 4.48. The van der Waals surface area contributed by atoms with Crippen molar-refractivity contribution in [3.63, 3.8) is 0 Å². The number of alkyl halides is 3. The lowest BCUT2D eigenvalue weighted by Gasteiger charge is -2.41. The van der Waals surface area contributed by atoms with Crippen molar-refractivity contribution in [2.24, 2.45) is 0 Å². The molecule has 190 valence electrons. The number of oxazole rings is 1. The summed E-state index contributed by atoms with van der Waals surface area (Å²) in [5, 5.41) is 7.72. The summed E-state index contributed by atoms with van der Waals surface area (Å²) in [6.45, 7) is 3.91. The maximum absolute atomic E-state index is 13.4. The Labute approximate surface area is 204 Å². The highest BCUT2D eigenvalue weighted by atomic mass is 19.4. The highest BCUT2D eigenvalue weighted by Crippen LogP contribution is 2.34. The molecule has 3 amide bonds. The minimum Gasteiger partial charge on any atom is -0.441 e. The number of pyridine rings is 1. The number of rotatable bonds is 4. The van der Waals surface area contributed by atoms with Crippen LogP contribution in [0.25, 0.3) is 11.3 Å². The van der Waals surface area contributed by atoms with Gasteiger partial charge in [-0.1, -0.05) is 6.08 Å². The lowest BCUT2D eigenvalue weighted by atomic mass is 10.1. The fourth-order valence-electron chi connectivity index (χ4n) is 4.46. The number of halogens is 3. The topological polar surface area (TPSA) is 116 Å². The highest BCUT2D eigenvalue weighted by molar-refractivity contribution is 5.91. The van der Waals surface area contributed by atoms with E-state index in [9.17, 15) is 22.8 Å². The lowest BCUT2D eigenvalue weighted by Crippen LogP contribution is -2.57. The third-order valence-corrected chi connectivity index (χ3v) is 6.34. The first-order chi connectivity index (χ1) is 17.1. The number of aryl methyl sites for hydroxylation is 1. The number of hydrogen-bond acceptors (Lipinski definition) is 7. The minimum absolute atomic E-state index is 0.180. The molecule has 0 aromatic carbocycles. The first-order valence-electron chi connectivity index (χ1n) is 11.4. The summed E-state index contributed by atoms with van der Waals surface area (Å²) in [6, 6.07) is -0.351. The molecule has 2 bridgehead atoms. The molecule has 0 spiro atoms. The van der Waals surface area contributed by atoms with Gasteiger partial charge in [-0.05, 0) is 31.6 Å². The van der Waals surface area contributed by atoms with Gasteiger partial charge in [-0.15, -0.1) is 0 Å². The molecule has 3 aliphatic rings. The zero-order chi connectivity index (χ0) is 25.6. The summed E-state index contributed by atoms with van der Waals surface area (Å²) in [5.41, 5.74) is 1.38. The molecular weight excluding hydrogens is 479 g/mol. The summed E-state index contributed by atoms with van der Waals surface area (Å²) < 4.78 is 44.3. The number of dihydropyridines is 1. The number of nitrogens with zero attached hydrogens (tertiary/aromatic N) is 4. The monoisotopic (exact) mass is 503 g/mol. The van der Waals surface area contributed by atoms with Gasteiger partial charge < -0.3 is 20.0 Å². The van der Waals surface area contributed by atoms with Gasteiger partial charge in [0, 0.05) is 31.8 Å². The van der Waals surface area contributed by atoms with Crippen molar-refractivity contribution < 1.29 is 27.2 Å². The molecule has 3 aliphatic heterocycles. The van der Waals surface area contributed by atoms with Crippen LogP contribution in [-0.2, 0) is 4.79 Å². The third-order valence-electron chi connectivity index (χ3n) is 6.34. The number of urea groups is 1. The predicted octanol–water partition coefficient (Wildman–Crippen LogP) is 2.73. The Hall–Kier alpha value is -4.03. The van der Waals surface area contributed by atoms with Crippen molar-refractivity contribution in [2.45, 2.75) is 44.6 Å². The Bertz CT molecular complexity index is 1260. The van der Waals surface area contributed by atoms with Crippen molar-refractivity contribution in [3.05, 3.63) is 54.1 Å². The number of anilines is 1. The van der Waals surface area contributed by atoms with Gasteiger partial charge in [0.05, 0.1) is 17.9 Å². The number of allylic oxidation sites excluding steroid dienone is 1. The lowest BCUT2D eigenvalue weighted by molar-refractivity contribution is -0.158. The van der Waals surface area contributed by atoms with E-state index >= 15 is 0 Å². The van der Waals surface area contributed by atoms with Gasteiger partial charge in [-0.25, -0.2) is 14.8 Å². The number of hydrogen-bond donors (Lipinski definition) is 3. The van der Waals surface area contributed by atoms with Gasteiger partial charge in [0.25, 0.3) is 0 Å². The van der Waals surface area contributed by atoms with Crippen molar-refractivity contribution in [1.29, 1.82) is 0 Å². The summed E-state index contributed by atoms with van der Waals surface area (Å²) in [6.07, 6.45) is 2.41. The molecule has 1 unspecified atom stereocenters. The maximum atomic E-state index is 13.4. The van der Waals surface area contributed by atoms with E-state index in [0.717, 1.165) is 6.92 Å². The van der Waals surface area contributed by atoms with Gasteiger partial charge in [-0.3, -0.25) is 15.0 Å². The molecule has 0 saturated carbocycles. The molecule has 2 aromatic heterocycles. The second kappa shape index (κ2) is 8.88. The Morgan fingerprint density at radius 2 is 2.11 bits per heavy atom. The molecule has 10 nitrogen and oxygen atoms in total. The molecular formula is C23H24F3N7O3. The Morgan fingerprint density at radius 3 is 2.83 bits per heavy atom. The summed E-state index contributed by atoms with van der Waals surface area (Å²) in [4.78, 5) is 37.9. The van der Waals surface area contributed by atoms with Crippen LogP contribution in [0.15, 0.2) is 52.6 Å². The molecule has 13 heteroatoms. The van der Waals surface area contributed by atoms with Crippen LogP contribution < -0.4 is 16.0 Å². The molecule has 5 heterocycles. The fourth-order valence-corrected chi connectivity index (χ4v) is 4.46. The van der Waals surface area contributed by atoms with Gasteiger partial charge in [0.1, 0.15) is 23.7 Å². The predicted molar refractivity (Wildman–Crippen MR) is 122 cm³/mol. The van der Waals surface area contributed by atoms with Crippen LogP contribution in [0.2, 0.25) is 0 Å². The molecule has 3 N–H and O–H groups in total. The van der Waals surface area contributed by atoms with E-state index in [0.29, 0.717) is 48.2 Å². The molecule has 5 rings (SSSR count). The van der Waals surface area contributed by atoms with Crippen molar-refractivity contribution >= 4 is 17.8 Å². The van der Waals surface area contributed by atoms with Crippen molar-refractivity contribution in [2.75, 3.05) is 18.4 Å². The maximum Gasteiger partial charge on any atom is 0.408 e. The zero-order valence-corrected chi connectivity index (χ0v) is 19.5. The van der Waals surface area contributed by atoms with Crippen LogP contribution in [0.1, 0.15) is 19.2 Å². The van der Waals surface area contributed by atoms with Gasteiger partial charge >= 0.3 is 12.2 Å². The van der Waals surface area contributed by atoms with E-state index in [1.807, 2.05) is 5.32 Å². The zero-order valence-electron chi connectivity index (χ0n) is 19.5. The van der Waals surface area contributed by atoms with E-state index in [4.69, 9.17) is 4.42 Å². The van der Waals surface area contributed by atoms with Gasteiger partial charge in [0.2, 0.25) is 5.91 Å². The Kier molecular flexibility index (Phi) is 5.85. The molecule has 1 fully saturated rings. The largest absolute Gasteiger partial charge is 0.441 e. The van der Waals surface area contributed by atoms with Crippen LogP contribution >= 0.6 is 0 Å². The number of carbonyl (C=O) groups excluding carboxylic acids is 2. The second-order valence-electron chi connectivity index (χ2n) is 8.85. The molecule has 2 aromatic rings. The van der Waals surface area contributed by atoms with Gasteiger partial charge in [-0.2, -0.15) is 13.2 Å². The average molecular weight is 503 g/mol. The molecule has 3 atom stereocenters. The SMILES string of the molecule is Cc1ncc(-c2ccnc(NC(=O)N3C4=C(C=CC(C(=O)N[C@H](C)C(F)(F)F)N4)N4CC[C@H]3C4)c2)o1. The Balaban J connectivity index is 1.35. The van der Waals surface area contributed by atoms with Crippen molar-refractivity contribution in [3.8, 4) is 11.3 Å². The van der Waals surface area contributed by atoms with E-state index in [1.54, 1.807) is 31.3 Å². The molecule has 36 heavy (non-hydrogen) atoms. The van der Waals surface area contributed by atoms with E-state index < -0.39 is 30.2 Å². The van der Waals surface area contributed by atoms with Crippen LogP contribution in [0.3, 0.4) is 0 Å². The number of fused-ring (bicyclic) bond motifs is 3. The highest BCUT2D eigenvalue weighted by Gasteiger charge is 2.43. The van der Waals surface area contributed by atoms with Crippen LogP contribution in [0.5, 0.6) is 0 Å². The van der Waals surface area contributed by atoms with Gasteiger partial charge in [0.15, 0.2) is 11.7 Å². The number of amides is 3. The van der Waals surface area contributed by atoms with Crippen LogP contribution in [-0.4, -0.2) is 69.1 Å². The summed E-state index contributed by atoms with van der Waals surface area (Å²) in [5.74, 6) is 0.846. The quantitative estimate of drug-likeness (QED) is 0.588. The molecule has 0 aliphatic carbocycles. The molecule has 1 saturated heterocycles. The molecule has 0 radical (unpaired) electrons. The number of nitrogens with one attached hydrogen (secondary N) is 3. The normalized spacial score (nSPS) is 21.7. The standard InChI is InChI=1S/C23H24F3N7O3/c1-12(23(24,25)26)29-21(34)16-3-4-17-20(30-16)33(15-6-8-32(17)11-15)22(35)31-19-9-14(5-7-27-19)18-10-28-13(2)36-18/h3-5,7,9-10,12,15-16,30H,6,8,11H2,1-2H3,(H,29,34)(H,27,31,35)/t12-,15+,16?/m1/s1. The Morgan fingerprint density at radius 1 is 1.31 bits per heavy atom. The van der Waals surface area contributed by atoms with E-state index in [-0.39, 0.29) is 11.9 Å².